The van der Waals surface area contributed by atoms with Crippen LogP contribution in [-0.2, 0) is 9.53 Å². The van der Waals surface area contributed by atoms with Crippen molar-refractivity contribution in [2.75, 3.05) is 13.2 Å². The lowest BCUT2D eigenvalue weighted by Gasteiger charge is -2.34. The summed E-state index contributed by atoms with van der Waals surface area (Å²) in [6, 6.07) is 0. The third-order valence-electron chi connectivity index (χ3n) is 3.34. The second-order valence-electron chi connectivity index (χ2n) is 4.42. The van der Waals surface area contributed by atoms with Crippen molar-refractivity contribution < 1.29 is 14.6 Å². The van der Waals surface area contributed by atoms with Crippen molar-refractivity contribution >= 4 is 5.97 Å². The van der Waals surface area contributed by atoms with E-state index in [0.717, 1.165) is 12.8 Å². The van der Waals surface area contributed by atoms with Gasteiger partial charge in [-0.25, -0.2) is 0 Å². The van der Waals surface area contributed by atoms with E-state index in [-0.39, 0.29) is 0 Å². The van der Waals surface area contributed by atoms with E-state index in [1.807, 2.05) is 0 Å². The molecule has 1 aliphatic rings. The maximum atomic E-state index is 11.3. The lowest BCUT2D eigenvalue weighted by atomic mass is 9.73. The van der Waals surface area contributed by atoms with Crippen molar-refractivity contribution in [3.05, 3.63) is 0 Å². The van der Waals surface area contributed by atoms with E-state index in [1.165, 1.54) is 0 Å². The molecular weight excluding hydrogens is 180 g/mol. The van der Waals surface area contributed by atoms with Gasteiger partial charge in [-0.3, -0.25) is 4.79 Å². The second-order valence-corrected chi connectivity index (χ2v) is 4.42. The maximum absolute atomic E-state index is 11.3. The average Bonchev–Trinajstić information content (AvgIpc) is 2.19. The van der Waals surface area contributed by atoms with Crippen LogP contribution in [0.1, 0.15) is 39.5 Å². The van der Waals surface area contributed by atoms with E-state index in [2.05, 4.69) is 13.8 Å². The first-order chi connectivity index (χ1) is 6.60. The number of aliphatic carboxylic acids is 1. The van der Waals surface area contributed by atoms with Crippen LogP contribution in [0, 0.1) is 11.3 Å². The van der Waals surface area contributed by atoms with Gasteiger partial charge in [0.1, 0.15) is 0 Å². The van der Waals surface area contributed by atoms with Crippen LogP contribution in [0.25, 0.3) is 0 Å². The maximum Gasteiger partial charge on any atom is 0.309 e. The van der Waals surface area contributed by atoms with Gasteiger partial charge < -0.3 is 9.84 Å². The van der Waals surface area contributed by atoms with Gasteiger partial charge >= 0.3 is 5.97 Å². The van der Waals surface area contributed by atoms with Gasteiger partial charge in [0, 0.05) is 13.2 Å². The molecule has 0 saturated carbocycles. The molecule has 0 radical (unpaired) electrons. The average molecular weight is 200 g/mol. The first-order valence-corrected chi connectivity index (χ1v) is 5.42. The van der Waals surface area contributed by atoms with Crippen LogP contribution < -0.4 is 0 Å². The fourth-order valence-corrected chi connectivity index (χ4v) is 2.08. The summed E-state index contributed by atoms with van der Waals surface area (Å²) in [7, 11) is 0. The van der Waals surface area contributed by atoms with Gasteiger partial charge in [0.25, 0.3) is 0 Å². The Morgan fingerprint density at radius 1 is 1.50 bits per heavy atom. The van der Waals surface area contributed by atoms with E-state index in [0.29, 0.717) is 32.0 Å². The molecule has 3 heteroatoms. The summed E-state index contributed by atoms with van der Waals surface area (Å²) in [5.41, 5.74) is -0.506. The van der Waals surface area contributed by atoms with Crippen molar-refractivity contribution in [3.63, 3.8) is 0 Å². The van der Waals surface area contributed by atoms with Gasteiger partial charge in [0.2, 0.25) is 0 Å². The molecule has 0 aromatic heterocycles. The highest BCUT2D eigenvalue weighted by Crippen LogP contribution is 2.37. The molecule has 0 bridgehead atoms. The smallest absolute Gasteiger partial charge is 0.309 e. The zero-order chi connectivity index (χ0) is 10.6. The van der Waals surface area contributed by atoms with Gasteiger partial charge in [-0.15, -0.1) is 0 Å². The molecule has 1 saturated heterocycles. The van der Waals surface area contributed by atoms with Gasteiger partial charge in [0.15, 0.2) is 0 Å². The van der Waals surface area contributed by atoms with Crippen LogP contribution >= 0.6 is 0 Å². The van der Waals surface area contributed by atoms with Crippen LogP contribution in [0.15, 0.2) is 0 Å². The fraction of sp³-hybridized carbons (Fsp3) is 0.909. The number of rotatable bonds is 4. The highest BCUT2D eigenvalue weighted by molar-refractivity contribution is 5.74. The number of hydrogen-bond donors (Lipinski definition) is 1. The summed E-state index contributed by atoms with van der Waals surface area (Å²) in [5.74, 6) is -0.148. The van der Waals surface area contributed by atoms with Gasteiger partial charge in [-0.1, -0.05) is 20.3 Å². The fourth-order valence-electron chi connectivity index (χ4n) is 2.08. The van der Waals surface area contributed by atoms with E-state index < -0.39 is 11.4 Å². The van der Waals surface area contributed by atoms with Crippen molar-refractivity contribution in [3.8, 4) is 0 Å². The first-order valence-electron chi connectivity index (χ1n) is 5.42. The molecular formula is C11H20O3. The molecule has 1 unspecified atom stereocenters. The minimum Gasteiger partial charge on any atom is -0.481 e. The van der Waals surface area contributed by atoms with Crippen molar-refractivity contribution in [2.45, 2.75) is 39.5 Å². The Morgan fingerprint density at radius 2 is 2.07 bits per heavy atom. The van der Waals surface area contributed by atoms with E-state index in [1.54, 1.807) is 0 Å². The van der Waals surface area contributed by atoms with Crippen molar-refractivity contribution in [2.24, 2.45) is 11.3 Å². The molecule has 3 nitrogen and oxygen atoms in total. The molecule has 1 atom stereocenters. The Balaban J connectivity index is 2.65. The van der Waals surface area contributed by atoms with Crippen molar-refractivity contribution in [1.82, 2.24) is 0 Å². The molecule has 82 valence electrons. The SMILES string of the molecule is CCC(C)CC1(C(=O)O)CCOCC1. The predicted octanol–water partition coefficient (Wildman–Crippen LogP) is 2.30. The zero-order valence-corrected chi connectivity index (χ0v) is 9.08. The summed E-state index contributed by atoms with van der Waals surface area (Å²) >= 11 is 0. The van der Waals surface area contributed by atoms with Crippen LogP contribution in [0.3, 0.4) is 0 Å². The summed E-state index contributed by atoms with van der Waals surface area (Å²) in [5, 5.41) is 9.28. The molecule has 1 N–H and O–H groups in total. The largest absolute Gasteiger partial charge is 0.481 e. The molecule has 1 aliphatic heterocycles. The van der Waals surface area contributed by atoms with E-state index in [4.69, 9.17) is 4.74 Å². The highest BCUT2D eigenvalue weighted by Gasteiger charge is 2.40. The van der Waals surface area contributed by atoms with Gasteiger partial charge in [-0.2, -0.15) is 0 Å². The zero-order valence-electron chi connectivity index (χ0n) is 9.08. The highest BCUT2D eigenvalue weighted by atomic mass is 16.5. The topological polar surface area (TPSA) is 46.5 Å². The second kappa shape index (κ2) is 4.78. The third kappa shape index (κ3) is 2.47. The molecule has 1 fully saturated rings. The number of hydrogen-bond acceptors (Lipinski definition) is 2. The molecule has 0 amide bonds. The lowest BCUT2D eigenvalue weighted by Crippen LogP contribution is -2.38. The predicted molar refractivity (Wildman–Crippen MR) is 54.2 cm³/mol. The van der Waals surface area contributed by atoms with E-state index >= 15 is 0 Å². The molecule has 0 aromatic carbocycles. The third-order valence-corrected chi connectivity index (χ3v) is 3.34. The number of carbonyl (C=O) groups is 1. The first kappa shape index (κ1) is 11.5. The number of carboxylic acid groups (broad SMARTS) is 1. The van der Waals surface area contributed by atoms with Crippen LogP contribution in [-0.4, -0.2) is 24.3 Å². The summed E-state index contributed by atoms with van der Waals surface area (Å²) in [6.07, 6.45) is 3.19. The Morgan fingerprint density at radius 3 is 2.50 bits per heavy atom. The molecule has 14 heavy (non-hydrogen) atoms. The monoisotopic (exact) mass is 200 g/mol. The molecule has 0 spiro atoms. The Bertz CT molecular complexity index is 195. The van der Waals surface area contributed by atoms with Gasteiger partial charge in [0.05, 0.1) is 5.41 Å². The quantitative estimate of drug-likeness (QED) is 0.757. The molecule has 1 rings (SSSR count). The summed E-state index contributed by atoms with van der Waals surface area (Å²) in [6.45, 7) is 5.44. The Kier molecular flexibility index (Phi) is 3.93. The lowest BCUT2D eigenvalue weighted by molar-refractivity contribution is -0.156. The number of carboxylic acids is 1. The van der Waals surface area contributed by atoms with Crippen LogP contribution in [0.5, 0.6) is 0 Å². The Labute approximate surface area is 85.5 Å². The molecule has 0 aromatic rings. The molecule has 0 aliphatic carbocycles. The van der Waals surface area contributed by atoms with Crippen molar-refractivity contribution in [1.29, 1.82) is 0 Å². The summed E-state index contributed by atoms with van der Waals surface area (Å²) in [4.78, 5) is 11.3. The summed E-state index contributed by atoms with van der Waals surface area (Å²) < 4.78 is 5.23. The Hall–Kier alpha value is -0.570. The van der Waals surface area contributed by atoms with E-state index in [9.17, 15) is 9.90 Å². The minimum absolute atomic E-state index is 0.490. The number of ether oxygens (including phenoxy) is 1. The van der Waals surface area contributed by atoms with Crippen LogP contribution in [0.2, 0.25) is 0 Å². The standard InChI is InChI=1S/C11H20O3/c1-3-9(2)8-11(10(12)13)4-6-14-7-5-11/h9H,3-8H2,1-2H3,(H,12,13). The molecule has 1 heterocycles. The minimum atomic E-state index is -0.638. The normalized spacial score (nSPS) is 23.0. The van der Waals surface area contributed by atoms with Crippen LogP contribution in [0.4, 0.5) is 0 Å². The van der Waals surface area contributed by atoms with Gasteiger partial charge in [-0.05, 0) is 25.2 Å².